The van der Waals surface area contributed by atoms with Crippen molar-refractivity contribution in [2.45, 2.75) is 13.0 Å². The minimum Gasteiger partial charge on any atom is -0.375 e. The van der Waals surface area contributed by atoms with Gasteiger partial charge in [0.1, 0.15) is 0 Å². The quantitative estimate of drug-likeness (QED) is 0.865. The number of nitrogens with two attached hydrogens (primary N) is 1. The first kappa shape index (κ1) is 11.2. The Morgan fingerprint density at radius 2 is 2.25 bits per heavy atom. The molecule has 0 spiro atoms. The molecule has 0 atom stereocenters. The Bertz CT molecular complexity index is 484. The molecule has 0 unspecified atom stereocenters. The number of nitrogen functional groups attached to an aromatic ring is 1. The van der Waals surface area contributed by atoms with Crippen molar-refractivity contribution in [2.75, 3.05) is 12.3 Å². The van der Waals surface area contributed by atoms with E-state index in [4.69, 9.17) is 5.73 Å². The van der Waals surface area contributed by atoms with Gasteiger partial charge in [-0.15, -0.1) is 0 Å². The van der Waals surface area contributed by atoms with Crippen LogP contribution in [-0.4, -0.2) is 18.0 Å². The molecule has 0 saturated carbocycles. The van der Waals surface area contributed by atoms with Crippen LogP contribution in [0.15, 0.2) is 18.2 Å². The van der Waals surface area contributed by atoms with E-state index in [1.54, 1.807) is 0 Å². The summed E-state index contributed by atoms with van der Waals surface area (Å²) >= 11 is 1.40. The topological polar surface area (TPSA) is 50.9 Å². The number of benzene rings is 1. The first-order valence-electron chi connectivity index (χ1n) is 4.79. The lowest BCUT2D eigenvalue weighted by Crippen LogP contribution is -2.20. The number of rotatable bonds is 4. The molecular weight excluding hydrogens is 232 g/mol. The van der Waals surface area contributed by atoms with Crippen LogP contribution in [0.5, 0.6) is 0 Å². The molecule has 86 valence electrons. The van der Waals surface area contributed by atoms with Gasteiger partial charge >= 0.3 is 0 Å². The summed E-state index contributed by atoms with van der Waals surface area (Å²) in [5.74, 6) is 0. The van der Waals surface area contributed by atoms with Crippen LogP contribution in [0.4, 0.5) is 13.9 Å². The summed E-state index contributed by atoms with van der Waals surface area (Å²) in [4.78, 5) is 4.12. The maximum Gasteiger partial charge on any atom is 0.250 e. The van der Waals surface area contributed by atoms with E-state index < -0.39 is 6.43 Å². The molecule has 1 heterocycles. The molecule has 0 aliphatic carbocycles. The third-order valence-corrected chi connectivity index (χ3v) is 2.94. The summed E-state index contributed by atoms with van der Waals surface area (Å²) in [5.41, 5.74) is 7.38. The SMILES string of the molecule is Nc1nc2ccc(CNCC(F)F)cc2s1. The third-order valence-electron chi connectivity index (χ3n) is 2.10. The van der Waals surface area contributed by atoms with Crippen LogP contribution in [0, 0.1) is 0 Å². The van der Waals surface area contributed by atoms with Crippen molar-refractivity contribution >= 4 is 26.7 Å². The zero-order valence-electron chi connectivity index (χ0n) is 8.41. The van der Waals surface area contributed by atoms with Crippen molar-refractivity contribution in [3.8, 4) is 0 Å². The molecule has 16 heavy (non-hydrogen) atoms. The van der Waals surface area contributed by atoms with Crippen LogP contribution in [0.1, 0.15) is 5.56 Å². The second kappa shape index (κ2) is 4.71. The van der Waals surface area contributed by atoms with Crippen molar-refractivity contribution in [1.29, 1.82) is 0 Å². The number of hydrogen-bond acceptors (Lipinski definition) is 4. The summed E-state index contributed by atoms with van der Waals surface area (Å²) < 4.78 is 24.8. The second-order valence-corrected chi connectivity index (χ2v) is 4.44. The molecule has 2 aromatic rings. The number of alkyl halides is 2. The van der Waals surface area contributed by atoms with Gasteiger partial charge in [-0.05, 0) is 17.7 Å². The minimum absolute atomic E-state index is 0.289. The fourth-order valence-corrected chi connectivity index (χ4v) is 2.22. The van der Waals surface area contributed by atoms with E-state index in [9.17, 15) is 8.78 Å². The number of nitrogens with zero attached hydrogens (tertiary/aromatic N) is 1. The zero-order valence-corrected chi connectivity index (χ0v) is 9.23. The Hall–Kier alpha value is -1.27. The highest BCUT2D eigenvalue weighted by Crippen LogP contribution is 2.24. The van der Waals surface area contributed by atoms with E-state index in [-0.39, 0.29) is 6.54 Å². The van der Waals surface area contributed by atoms with Gasteiger partial charge in [-0.25, -0.2) is 13.8 Å². The summed E-state index contributed by atoms with van der Waals surface area (Å²) in [6.07, 6.45) is -2.32. The molecule has 2 rings (SSSR count). The summed E-state index contributed by atoms with van der Waals surface area (Å²) in [7, 11) is 0. The van der Waals surface area contributed by atoms with Crippen molar-refractivity contribution in [1.82, 2.24) is 10.3 Å². The molecule has 0 radical (unpaired) electrons. The largest absolute Gasteiger partial charge is 0.375 e. The van der Waals surface area contributed by atoms with Gasteiger partial charge in [-0.2, -0.15) is 0 Å². The van der Waals surface area contributed by atoms with Gasteiger partial charge in [0.25, 0.3) is 6.43 Å². The molecule has 0 aliphatic rings. The number of aromatic nitrogens is 1. The van der Waals surface area contributed by atoms with E-state index >= 15 is 0 Å². The average molecular weight is 243 g/mol. The number of nitrogens with one attached hydrogen (secondary N) is 1. The fraction of sp³-hybridized carbons (Fsp3) is 0.300. The summed E-state index contributed by atoms with van der Waals surface area (Å²) in [5, 5.41) is 3.20. The first-order valence-corrected chi connectivity index (χ1v) is 5.60. The number of thiazole rings is 1. The highest BCUT2D eigenvalue weighted by atomic mass is 32.1. The monoisotopic (exact) mass is 243 g/mol. The van der Waals surface area contributed by atoms with E-state index in [1.807, 2.05) is 18.2 Å². The highest BCUT2D eigenvalue weighted by molar-refractivity contribution is 7.22. The van der Waals surface area contributed by atoms with Crippen LogP contribution in [-0.2, 0) is 6.54 Å². The Labute approximate surface area is 95.3 Å². The normalized spacial score (nSPS) is 11.4. The van der Waals surface area contributed by atoms with Crippen molar-refractivity contribution in [3.05, 3.63) is 23.8 Å². The lowest BCUT2D eigenvalue weighted by molar-refractivity contribution is 0.145. The Morgan fingerprint density at radius 3 is 3.00 bits per heavy atom. The zero-order chi connectivity index (χ0) is 11.5. The van der Waals surface area contributed by atoms with Gasteiger partial charge in [-0.3, -0.25) is 0 Å². The Morgan fingerprint density at radius 1 is 1.44 bits per heavy atom. The molecule has 1 aromatic heterocycles. The third kappa shape index (κ3) is 2.65. The molecule has 6 heteroatoms. The Kier molecular flexibility index (Phi) is 3.31. The predicted octanol–water partition coefficient (Wildman–Crippen LogP) is 2.23. The van der Waals surface area contributed by atoms with Crippen LogP contribution in [0.25, 0.3) is 10.2 Å². The highest BCUT2D eigenvalue weighted by Gasteiger charge is 2.04. The molecule has 1 aromatic carbocycles. The maximum absolute atomic E-state index is 11.9. The molecule has 3 N–H and O–H groups in total. The number of anilines is 1. The molecule has 0 saturated heterocycles. The van der Waals surface area contributed by atoms with Crippen molar-refractivity contribution < 1.29 is 8.78 Å². The fourth-order valence-electron chi connectivity index (χ4n) is 1.42. The lowest BCUT2D eigenvalue weighted by atomic mass is 10.2. The van der Waals surface area contributed by atoms with E-state index in [0.29, 0.717) is 11.7 Å². The lowest BCUT2D eigenvalue weighted by Gasteiger charge is -2.03. The first-order chi connectivity index (χ1) is 7.65. The van der Waals surface area contributed by atoms with Gasteiger partial charge in [0.15, 0.2) is 5.13 Å². The van der Waals surface area contributed by atoms with Gasteiger partial charge in [-0.1, -0.05) is 17.4 Å². The van der Waals surface area contributed by atoms with Crippen molar-refractivity contribution in [3.63, 3.8) is 0 Å². The van der Waals surface area contributed by atoms with E-state index in [1.165, 1.54) is 11.3 Å². The van der Waals surface area contributed by atoms with Crippen LogP contribution in [0.3, 0.4) is 0 Å². The Balaban J connectivity index is 2.07. The van der Waals surface area contributed by atoms with Gasteiger partial charge < -0.3 is 11.1 Å². The van der Waals surface area contributed by atoms with Gasteiger partial charge in [0, 0.05) is 6.54 Å². The second-order valence-electron chi connectivity index (χ2n) is 3.38. The van der Waals surface area contributed by atoms with Gasteiger partial charge in [0.05, 0.1) is 16.8 Å². The standard InChI is InChI=1S/C10H11F2N3S/c11-9(12)5-14-4-6-1-2-7-8(3-6)16-10(13)15-7/h1-3,9,14H,4-5H2,(H2,13,15). The van der Waals surface area contributed by atoms with Crippen molar-refractivity contribution in [2.24, 2.45) is 0 Å². The number of fused-ring (bicyclic) bond motifs is 1. The van der Waals surface area contributed by atoms with E-state index in [2.05, 4.69) is 10.3 Å². The summed E-state index contributed by atoms with van der Waals surface area (Å²) in [6.45, 7) is 0.140. The molecule has 3 nitrogen and oxygen atoms in total. The van der Waals surface area contributed by atoms with Crippen LogP contribution < -0.4 is 11.1 Å². The van der Waals surface area contributed by atoms with E-state index in [0.717, 1.165) is 15.8 Å². The molecular formula is C10H11F2N3S. The molecule has 0 amide bonds. The number of halogens is 2. The van der Waals surface area contributed by atoms with Gasteiger partial charge in [0.2, 0.25) is 0 Å². The maximum atomic E-state index is 11.9. The van der Waals surface area contributed by atoms with Crippen LogP contribution in [0.2, 0.25) is 0 Å². The number of hydrogen-bond donors (Lipinski definition) is 2. The smallest absolute Gasteiger partial charge is 0.250 e. The molecule has 0 aliphatic heterocycles. The summed E-state index contributed by atoms with van der Waals surface area (Å²) in [6, 6.07) is 5.63. The average Bonchev–Trinajstić information content (AvgIpc) is 2.56. The predicted molar refractivity (Wildman–Crippen MR) is 61.7 cm³/mol. The molecule has 0 fully saturated rings. The van der Waals surface area contributed by atoms with Crippen LogP contribution >= 0.6 is 11.3 Å². The minimum atomic E-state index is -2.32. The molecule has 0 bridgehead atoms.